The highest BCUT2D eigenvalue weighted by Gasteiger charge is 2.16. The number of methoxy groups -OCH3 is 1. The zero-order chi connectivity index (χ0) is 13.0. The second-order valence-electron chi connectivity index (χ2n) is 4.05. The van der Waals surface area contributed by atoms with Crippen LogP contribution in [0.4, 0.5) is 0 Å². The summed E-state index contributed by atoms with van der Waals surface area (Å²) in [6, 6.07) is 7.73. The Morgan fingerprint density at radius 3 is 2.83 bits per heavy atom. The van der Waals surface area contributed by atoms with Crippen molar-refractivity contribution in [2.45, 2.75) is 12.5 Å². The lowest BCUT2D eigenvalue weighted by atomic mass is 10.0. The predicted octanol–water partition coefficient (Wildman–Crippen LogP) is 0.571. The van der Waals surface area contributed by atoms with Crippen molar-refractivity contribution >= 4 is 0 Å². The molecule has 1 unspecified atom stereocenters. The summed E-state index contributed by atoms with van der Waals surface area (Å²) in [7, 11) is 3.49. The van der Waals surface area contributed by atoms with Crippen LogP contribution in [0.25, 0.3) is 0 Å². The number of rotatable bonds is 5. The maximum Gasteiger partial charge on any atom is 0.123 e. The molecule has 96 valence electrons. The molecule has 0 aliphatic heterocycles. The summed E-state index contributed by atoms with van der Waals surface area (Å²) in [6.45, 7) is 0. The van der Waals surface area contributed by atoms with Gasteiger partial charge in [-0.25, -0.2) is 0 Å². The number of hydrazine groups is 1. The number of nitrogens with two attached hydrogens (primary N) is 1. The lowest BCUT2D eigenvalue weighted by Gasteiger charge is -2.17. The number of ether oxygens (including phenoxy) is 1. The van der Waals surface area contributed by atoms with Crippen LogP contribution in [0.2, 0.25) is 0 Å². The summed E-state index contributed by atoms with van der Waals surface area (Å²) in [4.78, 5) is 0. The minimum atomic E-state index is -0.0575. The van der Waals surface area contributed by atoms with Crippen LogP contribution in [0, 0.1) is 0 Å². The largest absolute Gasteiger partial charge is 0.496 e. The first kappa shape index (κ1) is 12.5. The maximum absolute atomic E-state index is 5.62. The second kappa shape index (κ2) is 5.61. The topological polar surface area (TPSA) is 78.0 Å². The molecule has 0 spiro atoms. The van der Waals surface area contributed by atoms with Gasteiger partial charge in [-0.1, -0.05) is 23.4 Å². The molecular weight excluding hydrogens is 230 g/mol. The first-order chi connectivity index (χ1) is 8.74. The van der Waals surface area contributed by atoms with Crippen molar-refractivity contribution < 1.29 is 4.74 Å². The number of hydrogen-bond donors (Lipinski definition) is 2. The summed E-state index contributed by atoms with van der Waals surface area (Å²) in [5.74, 6) is 6.43. The van der Waals surface area contributed by atoms with Gasteiger partial charge in [0.1, 0.15) is 5.75 Å². The van der Waals surface area contributed by atoms with Crippen molar-refractivity contribution in [2.24, 2.45) is 12.9 Å². The van der Waals surface area contributed by atoms with Crippen molar-refractivity contribution in [3.8, 4) is 5.75 Å². The van der Waals surface area contributed by atoms with Crippen LogP contribution < -0.4 is 16.0 Å². The van der Waals surface area contributed by atoms with Gasteiger partial charge in [0.2, 0.25) is 0 Å². The van der Waals surface area contributed by atoms with E-state index in [4.69, 9.17) is 10.6 Å². The van der Waals surface area contributed by atoms with Crippen molar-refractivity contribution in [3.63, 3.8) is 0 Å². The quantitative estimate of drug-likeness (QED) is 0.596. The number of aromatic nitrogens is 3. The normalized spacial score (nSPS) is 12.4. The molecule has 6 heteroatoms. The zero-order valence-electron chi connectivity index (χ0n) is 10.5. The van der Waals surface area contributed by atoms with Crippen molar-refractivity contribution in [2.75, 3.05) is 7.11 Å². The highest BCUT2D eigenvalue weighted by Crippen LogP contribution is 2.26. The van der Waals surface area contributed by atoms with Gasteiger partial charge in [-0.15, -0.1) is 5.10 Å². The Bertz CT molecular complexity index is 511. The van der Waals surface area contributed by atoms with Crippen LogP contribution in [0.3, 0.4) is 0 Å². The average molecular weight is 247 g/mol. The first-order valence-corrected chi connectivity index (χ1v) is 5.69. The summed E-state index contributed by atoms with van der Waals surface area (Å²) >= 11 is 0. The average Bonchev–Trinajstić information content (AvgIpc) is 2.81. The van der Waals surface area contributed by atoms with E-state index in [9.17, 15) is 0 Å². The molecule has 1 atom stereocenters. The number of hydrogen-bond acceptors (Lipinski definition) is 5. The predicted molar refractivity (Wildman–Crippen MR) is 67.8 cm³/mol. The molecule has 1 aromatic heterocycles. The minimum Gasteiger partial charge on any atom is -0.496 e. The number of nitrogens with zero attached hydrogens (tertiary/aromatic N) is 3. The van der Waals surface area contributed by atoms with Crippen LogP contribution in [0.5, 0.6) is 5.75 Å². The van der Waals surface area contributed by atoms with Gasteiger partial charge >= 0.3 is 0 Å². The fourth-order valence-corrected chi connectivity index (χ4v) is 1.91. The Balaban J connectivity index is 2.22. The smallest absolute Gasteiger partial charge is 0.123 e. The zero-order valence-corrected chi connectivity index (χ0v) is 10.5. The summed E-state index contributed by atoms with van der Waals surface area (Å²) < 4.78 is 7.01. The third-order valence-corrected chi connectivity index (χ3v) is 2.78. The van der Waals surface area contributed by atoms with E-state index in [1.54, 1.807) is 11.8 Å². The fourth-order valence-electron chi connectivity index (χ4n) is 1.91. The maximum atomic E-state index is 5.62. The van der Waals surface area contributed by atoms with Crippen LogP contribution in [0.15, 0.2) is 30.5 Å². The molecule has 0 saturated heterocycles. The second-order valence-corrected chi connectivity index (χ2v) is 4.05. The van der Waals surface area contributed by atoms with Gasteiger partial charge in [-0.05, 0) is 6.07 Å². The molecule has 6 nitrogen and oxygen atoms in total. The van der Waals surface area contributed by atoms with Gasteiger partial charge in [-0.3, -0.25) is 16.0 Å². The van der Waals surface area contributed by atoms with Crippen LogP contribution in [-0.2, 0) is 13.5 Å². The molecule has 0 radical (unpaired) electrons. The Kier molecular flexibility index (Phi) is 3.91. The molecule has 2 aromatic rings. The van der Waals surface area contributed by atoms with Crippen molar-refractivity contribution in [1.82, 2.24) is 20.4 Å². The van der Waals surface area contributed by atoms with E-state index in [-0.39, 0.29) is 6.04 Å². The molecule has 0 bridgehead atoms. The number of benzene rings is 1. The highest BCUT2D eigenvalue weighted by molar-refractivity contribution is 5.36. The monoisotopic (exact) mass is 247 g/mol. The molecule has 0 aliphatic rings. The van der Waals surface area contributed by atoms with E-state index >= 15 is 0 Å². The molecular formula is C12H17N5O. The molecule has 0 saturated carbocycles. The van der Waals surface area contributed by atoms with Crippen molar-refractivity contribution in [3.05, 3.63) is 41.7 Å². The molecule has 3 N–H and O–H groups in total. The van der Waals surface area contributed by atoms with Gasteiger partial charge in [-0.2, -0.15) is 0 Å². The van der Waals surface area contributed by atoms with E-state index in [0.29, 0.717) is 6.42 Å². The SMILES string of the molecule is COc1ccccc1C(Cc1cn(C)nn1)NN. The number of para-hydroxylation sites is 1. The molecule has 18 heavy (non-hydrogen) atoms. The number of nitrogens with one attached hydrogen (secondary N) is 1. The molecule has 1 aromatic carbocycles. The standard InChI is InChI=1S/C12H17N5O/c1-17-8-9(15-16-17)7-11(14-13)10-5-3-4-6-12(10)18-2/h3-6,8,11,14H,7,13H2,1-2H3. The summed E-state index contributed by atoms with van der Waals surface area (Å²) in [5, 5.41) is 7.97. The Labute approximate surface area is 106 Å². The van der Waals surface area contributed by atoms with Gasteiger partial charge in [0.25, 0.3) is 0 Å². The van der Waals surface area contributed by atoms with Gasteiger partial charge in [0.05, 0.1) is 18.8 Å². The molecule has 0 amide bonds. The Morgan fingerprint density at radius 2 is 2.22 bits per heavy atom. The van der Waals surface area contributed by atoms with Gasteiger partial charge < -0.3 is 4.74 Å². The van der Waals surface area contributed by atoms with E-state index in [1.807, 2.05) is 37.5 Å². The summed E-state index contributed by atoms with van der Waals surface area (Å²) in [6.07, 6.45) is 2.53. The van der Waals surface area contributed by atoms with Crippen LogP contribution >= 0.6 is 0 Å². The Morgan fingerprint density at radius 1 is 1.44 bits per heavy atom. The van der Waals surface area contributed by atoms with Crippen LogP contribution in [-0.4, -0.2) is 22.1 Å². The molecule has 2 rings (SSSR count). The van der Waals surface area contributed by atoms with Gasteiger partial charge in [0, 0.05) is 25.2 Å². The fraction of sp³-hybridized carbons (Fsp3) is 0.333. The lowest BCUT2D eigenvalue weighted by molar-refractivity contribution is 0.398. The Hall–Kier alpha value is -1.92. The summed E-state index contributed by atoms with van der Waals surface area (Å²) in [5.41, 5.74) is 4.68. The van der Waals surface area contributed by atoms with E-state index in [1.165, 1.54) is 0 Å². The molecule has 0 fully saturated rings. The minimum absolute atomic E-state index is 0.0575. The molecule has 0 aliphatic carbocycles. The number of aryl methyl sites for hydroxylation is 1. The van der Waals surface area contributed by atoms with Gasteiger partial charge in [0.15, 0.2) is 0 Å². The third-order valence-electron chi connectivity index (χ3n) is 2.78. The first-order valence-electron chi connectivity index (χ1n) is 5.69. The highest BCUT2D eigenvalue weighted by atomic mass is 16.5. The van der Waals surface area contributed by atoms with E-state index in [0.717, 1.165) is 17.0 Å². The van der Waals surface area contributed by atoms with E-state index in [2.05, 4.69) is 15.7 Å². The van der Waals surface area contributed by atoms with E-state index < -0.39 is 0 Å². The van der Waals surface area contributed by atoms with Crippen molar-refractivity contribution in [1.29, 1.82) is 0 Å². The lowest BCUT2D eigenvalue weighted by Crippen LogP contribution is -2.30. The molecule has 1 heterocycles. The van der Waals surface area contributed by atoms with Crippen LogP contribution in [0.1, 0.15) is 17.3 Å². The third kappa shape index (κ3) is 2.66.